The van der Waals surface area contributed by atoms with Gasteiger partial charge in [-0.3, -0.25) is 52.7 Å². The summed E-state index contributed by atoms with van der Waals surface area (Å²) in [5, 5.41) is 34.4. The van der Waals surface area contributed by atoms with E-state index < -0.39 is 156 Å². The fourth-order valence-electron chi connectivity index (χ4n) is 8.25. The molecule has 0 aromatic rings. The van der Waals surface area contributed by atoms with Crippen molar-refractivity contribution in [3.8, 4) is 0 Å². The van der Waals surface area contributed by atoms with Crippen molar-refractivity contribution in [1.29, 1.82) is 0 Å². The fourth-order valence-corrected chi connectivity index (χ4v) is 8.25. The lowest BCUT2D eigenvalue weighted by Crippen LogP contribution is -2.62. The molecule has 0 radical (unpaired) electrons. The van der Waals surface area contributed by atoms with Gasteiger partial charge in [-0.05, 0) is 68.6 Å². The first-order valence-corrected chi connectivity index (χ1v) is 24.3. The zero-order chi connectivity index (χ0) is 54.0. The van der Waals surface area contributed by atoms with Gasteiger partial charge in [-0.25, -0.2) is 4.79 Å². The molecule has 0 aromatic heterocycles. The van der Waals surface area contributed by atoms with Gasteiger partial charge >= 0.3 is 11.9 Å². The number of nitrogens with one attached hydrogen (secondary N) is 6. The predicted octanol–water partition coefficient (Wildman–Crippen LogP) is -2.30. The van der Waals surface area contributed by atoms with Crippen LogP contribution in [0.3, 0.4) is 0 Å². The van der Waals surface area contributed by atoms with Crippen molar-refractivity contribution in [2.75, 3.05) is 13.1 Å². The van der Waals surface area contributed by atoms with E-state index in [1.165, 1.54) is 9.80 Å². The first-order valence-electron chi connectivity index (χ1n) is 24.3. The van der Waals surface area contributed by atoms with Gasteiger partial charge in [-0.2, -0.15) is 0 Å². The van der Waals surface area contributed by atoms with E-state index in [9.17, 15) is 67.7 Å². The normalized spacial score (nSPS) is 19.0. The van der Waals surface area contributed by atoms with E-state index in [0.717, 1.165) is 0 Å². The van der Waals surface area contributed by atoms with Gasteiger partial charge in [-0.1, -0.05) is 61.8 Å². The molecule has 2 rings (SSSR count). The molecule has 2 aliphatic heterocycles. The van der Waals surface area contributed by atoms with Crippen molar-refractivity contribution in [2.45, 2.75) is 180 Å². The maximum absolute atomic E-state index is 14.1. The SMILES string of the molecule is CC[C@H](C)[C@H](NC(=O)[C@H](CCC(=O)O)NC(=O)[C@H](CC(C)C)NC(=O)[C@H](CCC(N)=O)NC(=O)[C@@H]1CCCN1C(=O)[C@@H](N)C(C)C)C(=O)N[C@H](C(=O)N1CCC[C@H]1C(=O)N[C@@H](CC(N)=O)C(=O)O)C(C)C. The summed E-state index contributed by atoms with van der Waals surface area (Å²) in [6.07, 6.45) is -0.823. The zero-order valence-electron chi connectivity index (χ0n) is 42.1. The topological polar surface area (TPSA) is 402 Å². The van der Waals surface area contributed by atoms with E-state index >= 15 is 0 Å². The lowest BCUT2D eigenvalue weighted by molar-refractivity contribution is -0.146. The van der Waals surface area contributed by atoms with E-state index in [4.69, 9.17) is 17.2 Å². The van der Waals surface area contributed by atoms with Gasteiger partial charge in [0.25, 0.3) is 0 Å². The number of nitrogens with zero attached hydrogens (tertiary/aromatic N) is 2. The van der Waals surface area contributed by atoms with Gasteiger partial charge < -0.3 is 69.1 Å². The number of carbonyl (C=O) groups is 12. The Hall–Kier alpha value is -6.40. The lowest BCUT2D eigenvalue weighted by atomic mass is 9.95. The summed E-state index contributed by atoms with van der Waals surface area (Å²) < 4.78 is 0. The molecule has 25 nitrogen and oxygen atoms in total. The summed E-state index contributed by atoms with van der Waals surface area (Å²) in [4.78, 5) is 160. The first-order chi connectivity index (χ1) is 33.1. The highest BCUT2D eigenvalue weighted by molar-refractivity contribution is 5.99. The van der Waals surface area contributed by atoms with Crippen molar-refractivity contribution in [2.24, 2.45) is 40.9 Å². The van der Waals surface area contributed by atoms with Crippen LogP contribution in [0.4, 0.5) is 0 Å². The predicted molar refractivity (Wildman–Crippen MR) is 254 cm³/mol. The molecule has 10 amide bonds. The molecular formula is C46H77N11O14. The van der Waals surface area contributed by atoms with Gasteiger partial charge in [0, 0.05) is 25.9 Å². The average Bonchev–Trinajstić information content (AvgIpc) is 3.99. The van der Waals surface area contributed by atoms with E-state index in [1.807, 2.05) is 0 Å². The van der Waals surface area contributed by atoms with Gasteiger partial charge in [0.05, 0.1) is 12.5 Å². The van der Waals surface area contributed by atoms with Crippen molar-refractivity contribution >= 4 is 71.0 Å². The second-order valence-electron chi connectivity index (χ2n) is 19.6. The quantitative estimate of drug-likeness (QED) is 0.0375. The van der Waals surface area contributed by atoms with Gasteiger partial charge in [0.15, 0.2) is 0 Å². The molecule has 2 heterocycles. The Balaban J connectivity index is 2.38. The Bertz CT molecular complexity index is 1960. The molecule has 14 N–H and O–H groups in total. The average molecular weight is 1010 g/mol. The summed E-state index contributed by atoms with van der Waals surface area (Å²) in [7, 11) is 0. The Labute approximate surface area is 414 Å². The zero-order valence-corrected chi connectivity index (χ0v) is 42.1. The number of carbonyl (C=O) groups excluding carboxylic acids is 10. The molecular weight excluding hydrogens is 931 g/mol. The van der Waals surface area contributed by atoms with Crippen molar-refractivity contribution in [3.05, 3.63) is 0 Å². The minimum Gasteiger partial charge on any atom is -0.481 e. The molecule has 2 aliphatic rings. The van der Waals surface area contributed by atoms with Crippen LogP contribution in [0.2, 0.25) is 0 Å². The molecule has 0 unspecified atom stereocenters. The largest absolute Gasteiger partial charge is 0.481 e. The van der Waals surface area contributed by atoms with Crippen LogP contribution in [0.5, 0.6) is 0 Å². The number of aliphatic carboxylic acids is 2. The van der Waals surface area contributed by atoms with Crippen LogP contribution in [-0.2, 0) is 57.5 Å². The molecule has 0 spiro atoms. The van der Waals surface area contributed by atoms with Gasteiger partial charge in [-0.15, -0.1) is 0 Å². The monoisotopic (exact) mass is 1010 g/mol. The highest BCUT2D eigenvalue weighted by Crippen LogP contribution is 2.23. The molecule has 0 bridgehead atoms. The summed E-state index contributed by atoms with van der Waals surface area (Å²) in [6, 6.07) is -11.6. The van der Waals surface area contributed by atoms with Gasteiger partial charge in [0.1, 0.15) is 48.3 Å². The number of hydrogen-bond donors (Lipinski definition) is 11. The molecule has 0 aromatic carbocycles. The van der Waals surface area contributed by atoms with Crippen LogP contribution in [0, 0.1) is 23.7 Å². The minimum absolute atomic E-state index is 0.0190. The fraction of sp³-hybridized carbons (Fsp3) is 0.739. The molecule has 0 aliphatic carbocycles. The molecule has 10 atom stereocenters. The van der Waals surface area contributed by atoms with Crippen LogP contribution < -0.4 is 49.1 Å². The molecule has 2 fully saturated rings. The van der Waals surface area contributed by atoms with Crippen LogP contribution in [0.1, 0.15) is 126 Å². The maximum Gasteiger partial charge on any atom is 0.326 e. The number of amides is 10. The number of carboxylic acids is 2. The minimum atomic E-state index is -1.64. The number of primary amides is 2. The Kier molecular flexibility index (Phi) is 24.3. The van der Waals surface area contributed by atoms with Crippen LogP contribution in [0.25, 0.3) is 0 Å². The van der Waals surface area contributed by atoms with Crippen molar-refractivity contribution < 1.29 is 67.7 Å². The van der Waals surface area contributed by atoms with Crippen LogP contribution >= 0.6 is 0 Å². The maximum atomic E-state index is 14.1. The third-order valence-electron chi connectivity index (χ3n) is 12.7. The molecule has 71 heavy (non-hydrogen) atoms. The summed E-state index contributed by atoms with van der Waals surface area (Å²) >= 11 is 0. The lowest BCUT2D eigenvalue weighted by Gasteiger charge is -2.33. The van der Waals surface area contributed by atoms with E-state index in [0.29, 0.717) is 19.3 Å². The second-order valence-corrected chi connectivity index (χ2v) is 19.6. The third-order valence-corrected chi connectivity index (χ3v) is 12.7. The van der Waals surface area contributed by atoms with E-state index in [1.54, 1.807) is 55.4 Å². The molecule has 400 valence electrons. The Morgan fingerprint density at radius 2 is 1.03 bits per heavy atom. The van der Waals surface area contributed by atoms with E-state index in [2.05, 4.69) is 31.9 Å². The molecule has 2 saturated heterocycles. The van der Waals surface area contributed by atoms with Crippen molar-refractivity contribution in [1.82, 2.24) is 41.7 Å². The number of hydrogen-bond acceptors (Lipinski definition) is 13. The number of carboxylic acid groups (broad SMARTS) is 2. The Morgan fingerprint density at radius 1 is 0.563 bits per heavy atom. The third kappa shape index (κ3) is 18.7. The molecule has 0 saturated carbocycles. The standard InChI is InChI=1S/C46H77N11O14/c1-9-25(8)37(43(67)54-36(24(6)7)45(69)57-19-11-13-31(57)42(66)53-29(46(70)71)21-33(48)59)55-39(63)27(15-17-34(60)61)50-40(64)28(20-22(2)3)52-38(62)26(14-16-32(47)58)51-41(65)30-12-10-18-56(30)44(68)35(49)23(4)5/h22-31,35-37H,9-21,49H2,1-8H3,(H2,47,58)(H2,48,59)(H,50,64)(H,51,65)(H,52,62)(H,53,66)(H,54,67)(H,55,63)(H,60,61)(H,70,71)/t25-,26-,27-,28-,29-,30-,31-,35-,36-,37-/m0/s1. The smallest absolute Gasteiger partial charge is 0.326 e. The summed E-state index contributed by atoms with van der Waals surface area (Å²) in [5.41, 5.74) is 16.6. The van der Waals surface area contributed by atoms with Crippen molar-refractivity contribution in [3.63, 3.8) is 0 Å². The second kappa shape index (κ2) is 28.4. The van der Waals surface area contributed by atoms with Gasteiger partial charge in [0.2, 0.25) is 59.1 Å². The highest BCUT2D eigenvalue weighted by Gasteiger charge is 2.42. The first kappa shape index (κ1) is 60.7. The van der Waals surface area contributed by atoms with Crippen LogP contribution in [-0.4, -0.2) is 158 Å². The summed E-state index contributed by atoms with van der Waals surface area (Å²) in [6.45, 7) is 14.0. The Morgan fingerprint density at radius 3 is 1.49 bits per heavy atom. The molecule has 25 heteroatoms. The number of rotatable bonds is 29. The van der Waals surface area contributed by atoms with Crippen LogP contribution in [0.15, 0.2) is 0 Å². The highest BCUT2D eigenvalue weighted by atomic mass is 16.4. The number of nitrogens with two attached hydrogens (primary N) is 3. The summed E-state index contributed by atoms with van der Waals surface area (Å²) in [5.74, 6) is -12.5. The number of likely N-dealkylation sites (tertiary alicyclic amines) is 2. The van der Waals surface area contributed by atoms with E-state index in [-0.39, 0.29) is 57.0 Å².